The van der Waals surface area contributed by atoms with Crippen LogP contribution in [0.15, 0.2) is 54.6 Å². The molecule has 0 unspecified atom stereocenters. The molecule has 6 nitrogen and oxygen atoms in total. The number of methoxy groups -OCH3 is 1. The van der Waals surface area contributed by atoms with Crippen LogP contribution in [-0.4, -0.2) is 37.2 Å². The highest BCUT2D eigenvalue weighted by Gasteiger charge is 2.18. The summed E-state index contributed by atoms with van der Waals surface area (Å²) in [5, 5.41) is 3.89. The first-order valence-electron chi connectivity index (χ1n) is 12.1. The number of esters is 1. The van der Waals surface area contributed by atoms with Crippen LogP contribution in [0, 0.1) is 6.92 Å². The summed E-state index contributed by atoms with van der Waals surface area (Å²) in [5.41, 5.74) is 5.52. The van der Waals surface area contributed by atoms with Crippen LogP contribution in [0.4, 0.5) is 4.79 Å². The van der Waals surface area contributed by atoms with E-state index in [2.05, 4.69) is 11.4 Å². The van der Waals surface area contributed by atoms with Gasteiger partial charge in [-0.3, -0.25) is 4.79 Å². The van der Waals surface area contributed by atoms with Crippen LogP contribution < -0.4 is 10.1 Å². The van der Waals surface area contributed by atoms with E-state index < -0.39 is 0 Å². The van der Waals surface area contributed by atoms with Crippen molar-refractivity contribution in [3.63, 3.8) is 0 Å². The average Bonchev–Trinajstić information content (AvgIpc) is 2.88. The fourth-order valence-electron chi connectivity index (χ4n) is 4.04. The standard InChI is InChI=1S/C29H32Cl2N2O4/c1-5-33(29(35)32-17-21-8-11-25(30)26(31)15-21)18-22-13-19(3)7-10-23(22)24-14-20(9-12-27(24)36-4)16-28(34)37-6-2/h7-15H,5-6,16-18H2,1-4H3,(H,32,35). The summed E-state index contributed by atoms with van der Waals surface area (Å²) in [7, 11) is 1.62. The first-order chi connectivity index (χ1) is 17.7. The molecule has 0 fully saturated rings. The highest BCUT2D eigenvalue weighted by Crippen LogP contribution is 2.35. The van der Waals surface area contributed by atoms with E-state index in [0.29, 0.717) is 42.0 Å². The Morgan fingerprint density at radius 3 is 2.35 bits per heavy atom. The van der Waals surface area contributed by atoms with E-state index in [0.717, 1.165) is 33.4 Å². The molecule has 3 aromatic rings. The molecular formula is C29H32Cl2N2O4. The van der Waals surface area contributed by atoms with Gasteiger partial charge in [0.2, 0.25) is 0 Å². The van der Waals surface area contributed by atoms with Crippen LogP contribution in [0.3, 0.4) is 0 Å². The highest BCUT2D eigenvalue weighted by atomic mass is 35.5. The van der Waals surface area contributed by atoms with Crippen molar-refractivity contribution >= 4 is 35.2 Å². The molecule has 3 aromatic carbocycles. The molecule has 0 spiro atoms. The molecule has 0 aromatic heterocycles. The SMILES string of the molecule is CCOC(=O)Cc1ccc(OC)c(-c2ccc(C)cc2CN(CC)C(=O)NCc2ccc(Cl)c(Cl)c2)c1. The van der Waals surface area contributed by atoms with Gasteiger partial charge in [-0.25, -0.2) is 4.79 Å². The van der Waals surface area contributed by atoms with Gasteiger partial charge >= 0.3 is 12.0 Å². The van der Waals surface area contributed by atoms with Crippen LogP contribution in [0.25, 0.3) is 11.1 Å². The molecule has 0 bridgehead atoms. The highest BCUT2D eigenvalue weighted by molar-refractivity contribution is 6.42. The van der Waals surface area contributed by atoms with Gasteiger partial charge in [0.1, 0.15) is 5.75 Å². The van der Waals surface area contributed by atoms with E-state index in [4.69, 9.17) is 32.7 Å². The number of halogens is 2. The van der Waals surface area contributed by atoms with Crippen molar-refractivity contribution in [3.8, 4) is 16.9 Å². The number of urea groups is 1. The van der Waals surface area contributed by atoms with Crippen LogP contribution >= 0.6 is 23.2 Å². The summed E-state index contributed by atoms with van der Waals surface area (Å²) >= 11 is 12.1. The predicted octanol–water partition coefficient (Wildman–Crippen LogP) is 6.81. The molecule has 37 heavy (non-hydrogen) atoms. The van der Waals surface area contributed by atoms with Crippen LogP contribution in [0.5, 0.6) is 5.75 Å². The van der Waals surface area contributed by atoms with E-state index in [9.17, 15) is 9.59 Å². The molecule has 8 heteroatoms. The molecule has 196 valence electrons. The van der Waals surface area contributed by atoms with Gasteiger partial charge in [0.25, 0.3) is 0 Å². The van der Waals surface area contributed by atoms with Gasteiger partial charge in [-0.2, -0.15) is 0 Å². The van der Waals surface area contributed by atoms with Crippen molar-refractivity contribution in [1.82, 2.24) is 10.2 Å². The van der Waals surface area contributed by atoms with Crippen LogP contribution in [0.1, 0.15) is 36.1 Å². The molecule has 0 atom stereocenters. The zero-order valence-corrected chi connectivity index (χ0v) is 23.1. The van der Waals surface area contributed by atoms with E-state index in [1.807, 2.05) is 50.2 Å². The van der Waals surface area contributed by atoms with E-state index in [1.165, 1.54) is 0 Å². The summed E-state index contributed by atoms with van der Waals surface area (Å²) in [6.07, 6.45) is 0.171. The minimum Gasteiger partial charge on any atom is -0.496 e. The Labute approximate surface area is 228 Å². The summed E-state index contributed by atoms with van der Waals surface area (Å²) in [4.78, 5) is 26.9. The Hall–Kier alpha value is -3.22. The number of rotatable bonds is 10. The Kier molecular flexibility index (Phi) is 10.2. The number of benzene rings is 3. The number of carbonyl (C=O) groups excluding carboxylic acids is 2. The minimum atomic E-state index is -0.279. The van der Waals surface area contributed by atoms with Crippen molar-refractivity contribution in [3.05, 3.63) is 86.9 Å². The molecule has 0 aliphatic carbocycles. The maximum atomic E-state index is 13.1. The van der Waals surface area contributed by atoms with Crippen molar-refractivity contribution in [2.24, 2.45) is 0 Å². The summed E-state index contributed by atoms with van der Waals surface area (Å²) in [6.45, 7) is 7.32. The number of aryl methyl sites for hydroxylation is 1. The second-order valence-electron chi connectivity index (χ2n) is 8.60. The number of hydrogen-bond donors (Lipinski definition) is 1. The number of ether oxygens (including phenoxy) is 2. The van der Waals surface area contributed by atoms with Crippen molar-refractivity contribution in [2.75, 3.05) is 20.3 Å². The van der Waals surface area contributed by atoms with Gasteiger partial charge in [0, 0.05) is 25.2 Å². The summed E-state index contributed by atoms with van der Waals surface area (Å²) < 4.78 is 10.8. The third-order valence-electron chi connectivity index (χ3n) is 5.93. The van der Waals surface area contributed by atoms with Gasteiger partial charge in [-0.1, -0.05) is 59.1 Å². The van der Waals surface area contributed by atoms with Gasteiger partial charge < -0.3 is 19.7 Å². The molecule has 2 amide bonds. The smallest absolute Gasteiger partial charge is 0.317 e. The lowest BCUT2D eigenvalue weighted by atomic mass is 9.94. The molecule has 0 heterocycles. The lowest BCUT2D eigenvalue weighted by Crippen LogP contribution is -2.39. The second-order valence-corrected chi connectivity index (χ2v) is 9.41. The molecule has 0 saturated heterocycles. The zero-order chi connectivity index (χ0) is 26.9. The lowest BCUT2D eigenvalue weighted by Gasteiger charge is -2.24. The number of nitrogens with zero attached hydrogens (tertiary/aromatic N) is 1. The van der Waals surface area contributed by atoms with Crippen LogP contribution in [-0.2, 0) is 29.0 Å². The quantitative estimate of drug-likeness (QED) is 0.285. The fourth-order valence-corrected chi connectivity index (χ4v) is 4.36. The van der Waals surface area contributed by atoms with E-state index >= 15 is 0 Å². The van der Waals surface area contributed by atoms with Crippen molar-refractivity contribution in [1.29, 1.82) is 0 Å². The van der Waals surface area contributed by atoms with E-state index in [1.54, 1.807) is 31.1 Å². The maximum Gasteiger partial charge on any atom is 0.317 e. The molecular weight excluding hydrogens is 511 g/mol. The number of carbonyl (C=O) groups is 2. The molecule has 0 aliphatic heterocycles. The first-order valence-corrected chi connectivity index (χ1v) is 12.9. The lowest BCUT2D eigenvalue weighted by molar-refractivity contribution is -0.142. The largest absolute Gasteiger partial charge is 0.496 e. The molecule has 0 saturated carbocycles. The van der Waals surface area contributed by atoms with Crippen LogP contribution in [0.2, 0.25) is 10.0 Å². The molecule has 1 N–H and O–H groups in total. The average molecular weight is 543 g/mol. The monoisotopic (exact) mass is 542 g/mol. The predicted molar refractivity (Wildman–Crippen MR) is 148 cm³/mol. The molecule has 0 radical (unpaired) electrons. The Morgan fingerprint density at radius 1 is 0.919 bits per heavy atom. The van der Waals surface area contributed by atoms with E-state index in [-0.39, 0.29) is 18.4 Å². The normalized spacial score (nSPS) is 10.6. The maximum absolute atomic E-state index is 13.1. The Balaban J connectivity index is 1.86. The fraction of sp³-hybridized carbons (Fsp3) is 0.310. The van der Waals surface area contributed by atoms with Crippen molar-refractivity contribution < 1.29 is 19.1 Å². The van der Waals surface area contributed by atoms with Crippen molar-refractivity contribution in [2.45, 2.75) is 40.3 Å². The number of amides is 2. The van der Waals surface area contributed by atoms with Gasteiger partial charge in [0.05, 0.1) is 30.2 Å². The first kappa shape index (κ1) is 28.4. The zero-order valence-electron chi connectivity index (χ0n) is 21.6. The minimum absolute atomic E-state index is 0.171. The third-order valence-corrected chi connectivity index (χ3v) is 6.67. The molecule has 0 aliphatic rings. The summed E-state index contributed by atoms with van der Waals surface area (Å²) in [6, 6.07) is 16.9. The number of hydrogen-bond acceptors (Lipinski definition) is 4. The van der Waals surface area contributed by atoms with Gasteiger partial charge in [-0.15, -0.1) is 0 Å². The third kappa shape index (κ3) is 7.63. The summed E-state index contributed by atoms with van der Waals surface area (Å²) in [5.74, 6) is 0.406. The van der Waals surface area contributed by atoms with Gasteiger partial charge in [0.15, 0.2) is 0 Å². The Morgan fingerprint density at radius 2 is 1.68 bits per heavy atom. The molecule has 3 rings (SSSR count). The second kappa shape index (κ2) is 13.4. The van der Waals surface area contributed by atoms with Gasteiger partial charge in [-0.05, 0) is 67.3 Å². The topological polar surface area (TPSA) is 67.9 Å². The Bertz CT molecular complexity index is 1260. The number of nitrogens with one attached hydrogen (secondary N) is 1.